The maximum atomic E-state index is 15.8. The molecular weight excluding hydrogens is 613 g/mol. The van der Waals surface area contributed by atoms with E-state index in [9.17, 15) is 27.6 Å². The summed E-state index contributed by atoms with van der Waals surface area (Å²) in [5, 5.41) is 4.00. The Morgan fingerprint density at radius 3 is 2.23 bits per heavy atom. The minimum absolute atomic E-state index is 0.0105. The van der Waals surface area contributed by atoms with Crippen LogP contribution in [0.25, 0.3) is 0 Å². The minimum atomic E-state index is -4.98. The van der Waals surface area contributed by atoms with Crippen molar-refractivity contribution in [2.75, 3.05) is 19.7 Å². The third kappa shape index (κ3) is 6.30. The molecule has 0 aliphatic heterocycles. The van der Waals surface area contributed by atoms with Crippen molar-refractivity contribution in [3.8, 4) is 0 Å². The van der Waals surface area contributed by atoms with E-state index in [1.54, 1.807) is 13.8 Å². The molecule has 7 nitrogen and oxygen atoms in total. The number of carbonyl (C=O) groups excluding carboxylic acids is 3. The Balaban J connectivity index is 1.44. The van der Waals surface area contributed by atoms with Crippen LogP contribution in [0.4, 0.5) is 17.6 Å². The summed E-state index contributed by atoms with van der Waals surface area (Å²) >= 11 is 12.4. The number of esters is 1. The lowest BCUT2D eigenvalue weighted by molar-refractivity contribution is -0.157. The Morgan fingerprint density at radius 2 is 1.70 bits per heavy atom. The molecule has 5 rings (SSSR count). The fourth-order valence-electron chi connectivity index (χ4n) is 6.73. The number of Topliss-reactive ketones (excluding diaryl/α,β-unsaturated/α-hetero) is 1. The van der Waals surface area contributed by atoms with Gasteiger partial charge in [0.1, 0.15) is 5.67 Å². The smallest absolute Gasteiger partial charge is 0.433 e. The number of ketones is 1. The van der Waals surface area contributed by atoms with Crippen LogP contribution in [0, 0.1) is 10.8 Å². The lowest BCUT2D eigenvalue weighted by Gasteiger charge is -2.44. The molecule has 0 radical (unpaired) electrons. The van der Waals surface area contributed by atoms with E-state index >= 15 is 4.39 Å². The van der Waals surface area contributed by atoms with Crippen molar-refractivity contribution in [2.45, 2.75) is 83.1 Å². The van der Waals surface area contributed by atoms with Gasteiger partial charge in [-0.15, -0.1) is 0 Å². The molecule has 1 spiro atoms. The number of ether oxygens (including phenoxy) is 1. The van der Waals surface area contributed by atoms with Crippen molar-refractivity contribution in [2.24, 2.45) is 10.8 Å². The fraction of sp³-hybridized carbons (Fsp3) is 0.600. The van der Waals surface area contributed by atoms with Gasteiger partial charge in [0.15, 0.2) is 11.5 Å². The van der Waals surface area contributed by atoms with Gasteiger partial charge >= 0.3 is 12.1 Å². The number of halogens is 6. The second-order valence-corrected chi connectivity index (χ2v) is 13.4. The molecule has 0 unspecified atom stereocenters. The largest absolute Gasteiger partial charge is 0.466 e. The van der Waals surface area contributed by atoms with Crippen molar-refractivity contribution in [3.63, 3.8) is 0 Å². The summed E-state index contributed by atoms with van der Waals surface area (Å²) in [6.07, 6.45) is -1.09. The van der Waals surface area contributed by atoms with Crippen LogP contribution >= 0.6 is 23.2 Å². The second kappa shape index (κ2) is 11.4. The summed E-state index contributed by atoms with van der Waals surface area (Å²) in [6.45, 7) is 2.34. The van der Waals surface area contributed by atoms with Gasteiger partial charge in [-0.2, -0.15) is 18.3 Å². The number of alkyl halides is 4. The molecule has 0 bridgehead atoms. The Kier molecular flexibility index (Phi) is 8.39. The summed E-state index contributed by atoms with van der Waals surface area (Å²) in [5.74, 6) is -2.28. The molecule has 13 heteroatoms. The zero-order valence-corrected chi connectivity index (χ0v) is 25.4. The van der Waals surface area contributed by atoms with Gasteiger partial charge in [0.2, 0.25) is 0 Å². The van der Waals surface area contributed by atoms with Crippen LogP contribution < -0.4 is 0 Å². The van der Waals surface area contributed by atoms with E-state index in [-0.39, 0.29) is 66.2 Å². The number of benzene rings is 1. The highest BCUT2D eigenvalue weighted by molar-refractivity contribution is 6.40. The topological polar surface area (TPSA) is 81.5 Å². The van der Waals surface area contributed by atoms with Gasteiger partial charge in [-0.3, -0.25) is 19.1 Å². The molecule has 3 saturated carbocycles. The number of amides is 1. The van der Waals surface area contributed by atoms with Crippen LogP contribution in [0.5, 0.6) is 0 Å². The molecule has 1 aromatic carbocycles. The molecule has 3 fully saturated rings. The Morgan fingerprint density at radius 1 is 1.09 bits per heavy atom. The first-order chi connectivity index (χ1) is 20.1. The molecule has 3 aliphatic rings. The first-order valence-electron chi connectivity index (χ1n) is 14.4. The van der Waals surface area contributed by atoms with Crippen LogP contribution in [0.3, 0.4) is 0 Å². The van der Waals surface area contributed by atoms with E-state index in [1.165, 1.54) is 18.2 Å². The van der Waals surface area contributed by atoms with Crippen LogP contribution in [0.15, 0.2) is 24.4 Å². The third-order valence-electron chi connectivity index (χ3n) is 9.15. The molecule has 0 atom stereocenters. The average molecular weight is 647 g/mol. The number of hydrogen-bond acceptors (Lipinski definition) is 5. The fourth-order valence-corrected chi connectivity index (χ4v) is 7.34. The Labute approximate surface area is 256 Å². The summed E-state index contributed by atoms with van der Waals surface area (Å²) in [4.78, 5) is 40.4. The summed E-state index contributed by atoms with van der Waals surface area (Å²) < 4.78 is 65.4. The predicted molar refractivity (Wildman–Crippen MR) is 151 cm³/mol. The monoisotopic (exact) mass is 645 g/mol. The van der Waals surface area contributed by atoms with Crippen molar-refractivity contribution >= 4 is 40.9 Å². The highest BCUT2D eigenvalue weighted by atomic mass is 35.5. The Bertz CT molecular complexity index is 1400. The van der Waals surface area contributed by atoms with Gasteiger partial charge in [-0.25, -0.2) is 4.39 Å². The molecule has 1 heterocycles. The van der Waals surface area contributed by atoms with E-state index in [0.29, 0.717) is 0 Å². The molecule has 1 amide bonds. The number of carbonyl (C=O) groups is 3. The molecule has 3 aliphatic carbocycles. The molecule has 234 valence electrons. The standard InChI is InChI=1S/C30H33Cl2F4N3O4/c1-3-43-26(42)27(2)9-7-18(8-10-27)39-24(30(34,35)36)19(13-37-39)25(41)38(17-29(33)15-28(16-29)11-12-28)14-22(40)23-20(31)5-4-6-21(23)32/h4-6,13,18H,3,7-12,14-17H2,1-2H3. The Hall–Kier alpha value is -2.66. The van der Waals surface area contributed by atoms with Crippen LogP contribution in [0.1, 0.15) is 97.7 Å². The number of nitrogens with zero attached hydrogens (tertiary/aromatic N) is 3. The van der Waals surface area contributed by atoms with Crippen LogP contribution in [-0.2, 0) is 15.7 Å². The first kappa shape index (κ1) is 31.8. The highest BCUT2D eigenvalue weighted by Gasteiger charge is 2.62. The van der Waals surface area contributed by atoms with E-state index < -0.39 is 65.3 Å². The molecule has 0 N–H and O–H groups in total. The summed E-state index contributed by atoms with van der Waals surface area (Å²) in [6, 6.07) is 3.64. The van der Waals surface area contributed by atoms with Crippen molar-refractivity contribution in [1.82, 2.24) is 14.7 Å². The first-order valence-corrected chi connectivity index (χ1v) is 15.1. The van der Waals surface area contributed by atoms with Crippen LogP contribution in [0.2, 0.25) is 10.0 Å². The maximum Gasteiger partial charge on any atom is 0.433 e. The molecule has 0 saturated heterocycles. The predicted octanol–water partition coefficient (Wildman–Crippen LogP) is 7.50. The molecular formula is C30H33Cl2F4N3O4. The van der Waals surface area contributed by atoms with Gasteiger partial charge in [0, 0.05) is 0 Å². The van der Waals surface area contributed by atoms with Gasteiger partial charge in [-0.05, 0) is 82.8 Å². The average Bonchev–Trinajstić information content (AvgIpc) is 3.53. The van der Waals surface area contributed by atoms with E-state index in [1.807, 2.05) is 0 Å². The van der Waals surface area contributed by atoms with Gasteiger partial charge in [-0.1, -0.05) is 29.3 Å². The number of rotatable bonds is 9. The van der Waals surface area contributed by atoms with Gasteiger partial charge in [0.25, 0.3) is 5.91 Å². The summed E-state index contributed by atoms with van der Waals surface area (Å²) in [5.41, 5.74) is -4.90. The zero-order valence-electron chi connectivity index (χ0n) is 23.9. The summed E-state index contributed by atoms with van der Waals surface area (Å²) in [7, 11) is 0. The normalized spacial score (nSPS) is 23.9. The molecule has 2 aromatic rings. The lowest BCUT2D eigenvalue weighted by atomic mass is 9.69. The van der Waals surface area contributed by atoms with E-state index in [4.69, 9.17) is 27.9 Å². The van der Waals surface area contributed by atoms with Crippen molar-refractivity contribution < 1.29 is 36.7 Å². The highest BCUT2D eigenvalue weighted by Crippen LogP contribution is 2.66. The van der Waals surface area contributed by atoms with Crippen molar-refractivity contribution in [3.05, 3.63) is 51.3 Å². The SMILES string of the molecule is CCOC(=O)C1(C)CCC(n2ncc(C(=O)N(CC(=O)c3c(Cl)cccc3Cl)CC3(F)CC4(CC4)C3)c2C(F)(F)F)CC1. The van der Waals surface area contributed by atoms with Gasteiger partial charge < -0.3 is 9.64 Å². The van der Waals surface area contributed by atoms with Crippen LogP contribution in [-0.4, -0.2) is 57.7 Å². The molecule has 1 aromatic heterocycles. The number of aromatic nitrogens is 2. The van der Waals surface area contributed by atoms with E-state index in [2.05, 4.69) is 5.10 Å². The van der Waals surface area contributed by atoms with Crippen molar-refractivity contribution in [1.29, 1.82) is 0 Å². The van der Waals surface area contributed by atoms with E-state index in [0.717, 1.165) is 28.6 Å². The maximum absolute atomic E-state index is 15.8. The second-order valence-electron chi connectivity index (χ2n) is 12.5. The minimum Gasteiger partial charge on any atom is -0.466 e. The van der Waals surface area contributed by atoms with Gasteiger partial charge in [0.05, 0.1) is 58.5 Å². The number of hydrogen-bond donors (Lipinski definition) is 0. The zero-order chi connectivity index (χ0) is 31.4. The quantitative estimate of drug-likeness (QED) is 0.160. The lowest BCUT2D eigenvalue weighted by Crippen LogP contribution is -2.52. The molecule has 43 heavy (non-hydrogen) atoms. The third-order valence-corrected chi connectivity index (χ3v) is 9.78.